The van der Waals surface area contributed by atoms with Gasteiger partial charge in [0, 0.05) is 25.3 Å². The lowest BCUT2D eigenvalue weighted by Crippen LogP contribution is -2.02. The van der Waals surface area contributed by atoms with Gasteiger partial charge in [0.05, 0.1) is 17.1 Å². The molecule has 1 rings (SSSR count). The van der Waals surface area contributed by atoms with E-state index in [1.807, 2.05) is 0 Å². The SMILES string of the molecule is COCc1cccc(CC=NO)c1[N+](=O)[O-]. The van der Waals surface area contributed by atoms with E-state index in [0.29, 0.717) is 11.1 Å². The van der Waals surface area contributed by atoms with E-state index >= 15 is 0 Å². The molecule has 0 amide bonds. The lowest BCUT2D eigenvalue weighted by Gasteiger charge is -2.05. The Bertz CT molecular complexity index is 404. The molecule has 0 fully saturated rings. The molecule has 86 valence electrons. The van der Waals surface area contributed by atoms with Crippen LogP contribution in [0.3, 0.4) is 0 Å². The van der Waals surface area contributed by atoms with Gasteiger partial charge in [0.2, 0.25) is 0 Å². The van der Waals surface area contributed by atoms with Crippen molar-refractivity contribution < 1.29 is 14.9 Å². The van der Waals surface area contributed by atoms with Crippen molar-refractivity contribution in [3.63, 3.8) is 0 Å². The van der Waals surface area contributed by atoms with Crippen LogP contribution in [0.15, 0.2) is 23.4 Å². The lowest BCUT2D eigenvalue weighted by molar-refractivity contribution is -0.386. The smallest absolute Gasteiger partial charge is 0.278 e. The molecule has 0 heterocycles. The second-order valence-corrected chi connectivity index (χ2v) is 3.12. The van der Waals surface area contributed by atoms with Crippen molar-refractivity contribution >= 4 is 11.9 Å². The highest BCUT2D eigenvalue weighted by Crippen LogP contribution is 2.24. The van der Waals surface area contributed by atoms with Gasteiger partial charge in [-0.05, 0) is 6.07 Å². The predicted octanol–water partition coefficient (Wildman–Crippen LogP) is 1.74. The van der Waals surface area contributed by atoms with E-state index in [9.17, 15) is 10.1 Å². The second-order valence-electron chi connectivity index (χ2n) is 3.12. The highest BCUT2D eigenvalue weighted by Gasteiger charge is 2.18. The summed E-state index contributed by atoms with van der Waals surface area (Å²) in [6.07, 6.45) is 1.42. The molecule has 0 aliphatic rings. The number of oxime groups is 1. The maximum absolute atomic E-state index is 10.9. The molecule has 0 aromatic heterocycles. The third-order valence-electron chi connectivity index (χ3n) is 2.08. The van der Waals surface area contributed by atoms with E-state index in [4.69, 9.17) is 9.94 Å². The molecule has 6 nitrogen and oxygen atoms in total. The van der Waals surface area contributed by atoms with E-state index in [0.717, 1.165) is 0 Å². The van der Waals surface area contributed by atoms with Crippen LogP contribution in [-0.2, 0) is 17.8 Å². The molecule has 6 heteroatoms. The van der Waals surface area contributed by atoms with Crippen molar-refractivity contribution in [2.75, 3.05) is 7.11 Å². The Morgan fingerprint density at radius 3 is 2.81 bits per heavy atom. The number of nitro groups is 1. The minimum Gasteiger partial charge on any atom is -0.411 e. The number of rotatable bonds is 5. The normalized spacial score (nSPS) is 10.8. The molecule has 16 heavy (non-hydrogen) atoms. The molecule has 0 aliphatic carbocycles. The Hall–Kier alpha value is -1.95. The zero-order valence-corrected chi connectivity index (χ0v) is 8.79. The van der Waals surface area contributed by atoms with Gasteiger partial charge >= 0.3 is 0 Å². The van der Waals surface area contributed by atoms with Gasteiger partial charge in [0.25, 0.3) is 5.69 Å². The fraction of sp³-hybridized carbons (Fsp3) is 0.300. The number of methoxy groups -OCH3 is 1. The number of nitro benzene ring substituents is 1. The van der Waals surface area contributed by atoms with Gasteiger partial charge in [-0.25, -0.2) is 0 Å². The number of hydrogen-bond donors (Lipinski definition) is 1. The van der Waals surface area contributed by atoms with Crippen molar-refractivity contribution in [3.05, 3.63) is 39.4 Å². The summed E-state index contributed by atoms with van der Waals surface area (Å²) in [4.78, 5) is 10.5. The first-order valence-corrected chi connectivity index (χ1v) is 4.60. The van der Waals surface area contributed by atoms with E-state index in [2.05, 4.69) is 5.16 Å². The molecular weight excluding hydrogens is 212 g/mol. The van der Waals surface area contributed by atoms with Crippen LogP contribution in [0.2, 0.25) is 0 Å². The van der Waals surface area contributed by atoms with Crippen LogP contribution in [0.1, 0.15) is 11.1 Å². The topological polar surface area (TPSA) is 85.0 Å². The van der Waals surface area contributed by atoms with Crippen molar-refractivity contribution in [1.29, 1.82) is 0 Å². The molecule has 0 unspecified atom stereocenters. The third kappa shape index (κ3) is 2.77. The first kappa shape index (κ1) is 12.1. The van der Waals surface area contributed by atoms with Crippen molar-refractivity contribution in [1.82, 2.24) is 0 Å². The molecular formula is C10H12N2O4. The van der Waals surface area contributed by atoms with Gasteiger partial charge in [-0.1, -0.05) is 12.1 Å². The van der Waals surface area contributed by atoms with Crippen molar-refractivity contribution in [2.24, 2.45) is 5.16 Å². The highest BCUT2D eigenvalue weighted by atomic mass is 16.6. The lowest BCUT2D eigenvalue weighted by atomic mass is 10.1. The largest absolute Gasteiger partial charge is 0.411 e. The quantitative estimate of drug-likeness (QED) is 0.357. The fourth-order valence-corrected chi connectivity index (χ4v) is 1.45. The average Bonchev–Trinajstić information content (AvgIpc) is 2.26. The van der Waals surface area contributed by atoms with Crippen LogP contribution in [0.25, 0.3) is 0 Å². The van der Waals surface area contributed by atoms with Gasteiger partial charge in [0.1, 0.15) is 0 Å². The van der Waals surface area contributed by atoms with E-state index in [-0.39, 0.29) is 18.7 Å². The standard InChI is InChI=1S/C10H12N2O4/c1-16-7-9-4-2-3-8(5-6-11-13)10(9)12(14)15/h2-4,6,13H,5,7H2,1H3. The molecule has 1 aromatic rings. The van der Waals surface area contributed by atoms with E-state index in [1.54, 1.807) is 18.2 Å². The molecule has 0 radical (unpaired) electrons. The Morgan fingerprint density at radius 2 is 2.25 bits per heavy atom. The third-order valence-corrected chi connectivity index (χ3v) is 2.08. The average molecular weight is 224 g/mol. The molecule has 0 atom stereocenters. The summed E-state index contributed by atoms with van der Waals surface area (Å²) in [6.45, 7) is 0.181. The predicted molar refractivity (Wildman–Crippen MR) is 57.8 cm³/mol. The van der Waals surface area contributed by atoms with Gasteiger partial charge in [-0.3, -0.25) is 10.1 Å². The minimum atomic E-state index is -0.450. The van der Waals surface area contributed by atoms with E-state index < -0.39 is 4.92 Å². The van der Waals surface area contributed by atoms with Crippen LogP contribution in [0.5, 0.6) is 0 Å². The Morgan fingerprint density at radius 1 is 1.56 bits per heavy atom. The Balaban J connectivity index is 3.15. The van der Waals surface area contributed by atoms with Crippen LogP contribution < -0.4 is 0 Å². The van der Waals surface area contributed by atoms with Gasteiger partial charge in [-0.15, -0.1) is 5.16 Å². The zero-order valence-electron chi connectivity index (χ0n) is 8.79. The summed E-state index contributed by atoms with van der Waals surface area (Å²) in [6, 6.07) is 4.97. The Labute approximate surface area is 92.3 Å². The molecule has 0 bridgehead atoms. The molecule has 0 saturated heterocycles. The molecule has 0 spiro atoms. The number of ether oxygens (including phenoxy) is 1. The first-order valence-electron chi connectivity index (χ1n) is 4.60. The summed E-state index contributed by atoms with van der Waals surface area (Å²) < 4.78 is 4.89. The Kier molecular flexibility index (Phi) is 4.41. The van der Waals surface area contributed by atoms with Crippen LogP contribution in [0, 0.1) is 10.1 Å². The van der Waals surface area contributed by atoms with Crippen LogP contribution in [-0.4, -0.2) is 23.5 Å². The van der Waals surface area contributed by atoms with E-state index in [1.165, 1.54) is 13.3 Å². The monoisotopic (exact) mass is 224 g/mol. The molecule has 1 aromatic carbocycles. The highest BCUT2D eigenvalue weighted by molar-refractivity contribution is 5.64. The van der Waals surface area contributed by atoms with Crippen LogP contribution >= 0.6 is 0 Å². The van der Waals surface area contributed by atoms with Gasteiger partial charge in [-0.2, -0.15) is 0 Å². The fourth-order valence-electron chi connectivity index (χ4n) is 1.45. The zero-order chi connectivity index (χ0) is 12.0. The van der Waals surface area contributed by atoms with Crippen molar-refractivity contribution in [2.45, 2.75) is 13.0 Å². The summed E-state index contributed by atoms with van der Waals surface area (Å²) >= 11 is 0. The van der Waals surface area contributed by atoms with Gasteiger partial charge in [0.15, 0.2) is 0 Å². The summed E-state index contributed by atoms with van der Waals surface area (Å²) in [5.41, 5.74) is 1.03. The second kappa shape index (κ2) is 5.82. The first-order chi connectivity index (χ1) is 7.70. The van der Waals surface area contributed by atoms with Gasteiger partial charge < -0.3 is 9.94 Å². The van der Waals surface area contributed by atoms with Crippen molar-refractivity contribution in [3.8, 4) is 0 Å². The number of hydrogen-bond acceptors (Lipinski definition) is 5. The molecule has 1 N–H and O–H groups in total. The summed E-state index contributed by atoms with van der Waals surface area (Å²) in [7, 11) is 1.48. The maximum atomic E-state index is 10.9. The summed E-state index contributed by atoms with van der Waals surface area (Å²) in [5.74, 6) is 0. The maximum Gasteiger partial charge on any atom is 0.278 e. The molecule has 0 aliphatic heterocycles. The number of para-hydroxylation sites is 1. The summed E-state index contributed by atoms with van der Waals surface area (Å²) in [5, 5.41) is 22.1. The molecule has 0 saturated carbocycles. The van der Waals surface area contributed by atoms with Crippen LogP contribution in [0.4, 0.5) is 5.69 Å². The minimum absolute atomic E-state index is 0.0178. The number of benzene rings is 1. The number of nitrogens with zero attached hydrogens (tertiary/aromatic N) is 2.